The molecule has 0 saturated carbocycles. The maximum atomic E-state index is 3.78. The molecule has 0 radical (unpaired) electrons. The van der Waals surface area contributed by atoms with E-state index >= 15 is 0 Å². The monoisotopic (exact) mass is 334 g/mol. The Morgan fingerprint density at radius 1 is 0.458 bits per heavy atom. The second-order valence-electron chi connectivity index (χ2n) is 7.43. The number of rotatable bonds is 20. The molecule has 0 bridgehead atoms. The van der Waals surface area contributed by atoms with Crippen LogP contribution in [-0.2, 0) is 0 Å². The van der Waals surface area contributed by atoms with Crippen molar-refractivity contribution >= 4 is 0 Å². The Kier molecular flexibility index (Phi) is 22.0. The Morgan fingerprint density at radius 3 is 1.17 bits per heavy atom. The molecule has 0 atom stereocenters. The number of hydrogen-bond donors (Lipinski definition) is 0. The van der Waals surface area contributed by atoms with Gasteiger partial charge in [0.05, 0.1) is 0 Å². The predicted octanol–water partition coefficient (Wildman–Crippen LogP) is 9.16. The van der Waals surface area contributed by atoms with Gasteiger partial charge >= 0.3 is 0 Å². The van der Waals surface area contributed by atoms with Crippen LogP contribution in [0.5, 0.6) is 0 Å². The van der Waals surface area contributed by atoms with Gasteiger partial charge in [-0.05, 0) is 32.1 Å². The average Bonchev–Trinajstić information content (AvgIpc) is 2.60. The molecular formula is C24H46. The van der Waals surface area contributed by atoms with Gasteiger partial charge in [0, 0.05) is 0 Å². The second-order valence-corrected chi connectivity index (χ2v) is 7.43. The first-order chi connectivity index (χ1) is 11.9. The van der Waals surface area contributed by atoms with Crippen molar-refractivity contribution in [3.8, 4) is 0 Å². The van der Waals surface area contributed by atoms with E-state index in [1.165, 1.54) is 122 Å². The summed E-state index contributed by atoms with van der Waals surface area (Å²) in [5.74, 6) is 0. The predicted molar refractivity (Wildman–Crippen MR) is 113 cm³/mol. The Balaban J connectivity index is 3.00. The van der Waals surface area contributed by atoms with Crippen LogP contribution >= 0.6 is 0 Å². The fourth-order valence-corrected chi connectivity index (χ4v) is 3.23. The van der Waals surface area contributed by atoms with Gasteiger partial charge in [-0.1, -0.05) is 115 Å². The highest BCUT2D eigenvalue weighted by molar-refractivity contribution is 4.81. The summed E-state index contributed by atoms with van der Waals surface area (Å²) in [7, 11) is 0. The molecule has 0 unspecified atom stereocenters. The summed E-state index contributed by atoms with van der Waals surface area (Å²) in [4.78, 5) is 0. The van der Waals surface area contributed by atoms with E-state index in [0.717, 1.165) is 0 Å². The standard InChI is InChI=1S/C24H46/c1-3-5-7-9-11-13-15-17-19-21-23-24-22-20-18-16-14-12-10-8-6-4-2/h3,10,12H,1,4-9,11,13-24H2,2H3. The van der Waals surface area contributed by atoms with Crippen LogP contribution in [0.15, 0.2) is 24.8 Å². The molecule has 0 heterocycles. The molecule has 0 aromatic heterocycles. The van der Waals surface area contributed by atoms with Crippen LogP contribution in [0, 0.1) is 0 Å². The van der Waals surface area contributed by atoms with Gasteiger partial charge in [0.25, 0.3) is 0 Å². The molecule has 0 rings (SSSR count). The maximum Gasteiger partial charge on any atom is -0.0351 e. The van der Waals surface area contributed by atoms with Crippen LogP contribution in [-0.4, -0.2) is 0 Å². The zero-order valence-electron chi connectivity index (χ0n) is 16.9. The third kappa shape index (κ3) is 21.5. The fraction of sp³-hybridized carbons (Fsp3) is 0.833. The van der Waals surface area contributed by atoms with Crippen LogP contribution in [0.1, 0.15) is 129 Å². The van der Waals surface area contributed by atoms with Gasteiger partial charge in [-0.15, -0.1) is 6.58 Å². The molecular weight excluding hydrogens is 288 g/mol. The van der Waals surface area contributed by atoms with Gasteiger partial charge in [-0.25, -0.2) is 0 Å². The van der Waals surface area contributed by atoms with Crippen molar-refractivity contribution in [2.75, 3.05) is 0 Å². The summed E-state index contributed by atoms with van der Waals surface area (Å²) in [6, 6.07) is 0. The average molecular weight is 335 g/mol. The smallest absolute Gasteiger partial charge is 0.0351 e. The molecule has 0 saturated heterocycles. The van der Waals surface area contributed by atoms with Crippen molar-refractivity contribution < 1.29 is 0 Å². The van der Waals surface area contributed by atoms with Crippen LogP contribution in [0.2, 0.25) is 0 Å². The molecule has 0 heteroatoms. The summed E-state index contributed by atoms with van der Waals surface area (Å²) < 4.78 is 0. The normalized spacial score (nSPS) is 11.4. The molecule has 0 N–H and O–H groups in total. The van der Waals surface area contributed by atoms with Crippen molar-refractivity contribution in [1.82, 2.24) is 0 Å². The minimum atomic E-state index is 1.20. The minimum Gasteiger partial charge on any atom is -0.103 e. The van der Waals surface area contributed by atoms with Gasteiger partial charge < -0.3 is 0 Å². The lowest BCUT2D eigenvalue weighted by atomic mass is 10.0. The zero-order chi connectivity index (χ0) is 17.6. The van der Waals surface area contributed by atoms with E-state index in [1.54, 1.807) is 0 Å². The molecule has 0 amide bonds. The molecule has 0 aliphatic heterocycles. The van der Waals surface area contributed by atoms with E-state index in [-0.39, 0.29) is 0 Å². The molecule has 0 aromatic carbocycles. The van der Waals surface area contributed by atoms with Crippen molar-refractivity contribution in [2.45, 2.75) is 129 Å². The lowest BCUT2D eigenvalue weighted by Gasteiger charge is -2.03. The third-order valence-electron chi connectivity index (χ3n) is 4.92. The van der Waals surface area contributed by atoms with Crippen LogP contribution in [0.3, 0.4) is 0 Å². The van der Waals surface area contributed by atoms with Gasteiger partial charge in [0.1, 0.15) is 0 Å². The zero-order valence-corrected chi connectivity index (χ0v) is 16.9. The van der Waals surface area contributed by atoms with Crippen molar-refractivity contribution in [3.63, 3.8) is 0 Å². The SMILES string of the molecule is C=CCCCCCCCCCCCCCCCCC=CCCCC. The van der Waals surface area contributed by atoms with Crippen molar-refractivity contribution in [2.24, 2.45) is 0 Å². The molecule has 0 aliphatic rings. The van der Waals surface area contributed by atoms with E-state index in [2.05, 4.69) is 25.7 Å². The Labute approximate surface area is 154 Å². The van der Waals surface area contributed by atoms with E-state index < -0.39 is 0 Å². The molecule has 0 aromatic rings. The van der Waals surface area contributed by atoms with Gasteiger partial charge in [-0.2, -0.15) is 0 Å². The summed E-state index contributed by atoms with van der Waals surface area (Å²) >= 11 is 0. The quantitative estimate of drug-likeness (QED) is 0.154. The molecule has 24 heavy (non-hydrogen) atoms. The first-order valence-electron chi connectivity index (χ1n) is 11.2. The van der Waals surface area contributed by atoms with Gasteiger partial charge in [-0.3, -0.25) is 0 Å². The Bertz CT molecular complexity index is 251. The van der Waals surface area contributed by atoms with Crippen LogP contribution in [0.25, 0.3) is 0 Å². The van der Waals surface area contributed by atoms with E-state index in [0.29, 0.717) is 0 Å². The lowest BCUT2D eigenvalue weighted by molar-refractivity contribution is 0.534. The van der Waals surface area contributed by atoms with Crippen LogP contribution < -0.4 is 0 Å². The number of hydrogen-bond acceptors (Lipinski definition) is 0. The molecule has 0 fully saturated rings. The van der Waals surface area contributed by atoms with Crippen molar-refractivity contribution in [3.05, 3.63) is 24.8 Å². The Morgan fingerprint density at radius 2 is 0.792 bits per heavy atom. The summed E-state index contributed by atoms with van der Waals surface area (Å²) in [5.41, 5.74) is 0. The highest BCUT2D eigenvalue weighted by Gasteiger charge is 1.94. The number of unbranched alkanes of at least 4 members (excludes halogenated alkanes) is 17. The minimum absolute atomic E-state index is 1.20. The largest absolute Gasteiger partial charge is 0.103 e. The second kappa shape index (κ2) is 22.5. The summed E-state index contributed by atoms with van der Waals surface area (Å²) in [6.07, 6.45) is 33.5. The van der Waals surface area contributed by atoms with Gasteiger partial charge in [0.15, 0.2) is 0 Å². The highest BCUT2D eigenvalue weighted by Crippen LogP contribution is 2.13. The maximum absolute atomic E-state index is 3.78. The van der Waals surface area contributed by atoms with E-state index in [1.807, 2.05) is 6.08 Å². The van der Waals surface area contributed by atoms with E-state index in [4.69, 9.17) is 0 Å². The summed E-state index contributed by atoms with van der Waals surface area (Å²) in [6.45, 7) is 6.04. The Hall–Kier alpha value is -0.520. The molecule has 142 valence electrons. The van der Waals surface area contributed by atoms with E-state index in [9.17, 15) is 0 Å². The lowest BCUT2D eigenvalue weighted by Crippen LogP contribution is -1.83. The summed E-state index contributed by atoms with van der Waals surface area (Å²) in [5, 5.41) is 0. The number of allylic oxidation sites excluding steroid dienone is 3. The molecule has 0 aliphatic carbocycles. The first-order valence-corrected chi connectivity index (χ1v) is 11.2. The topological polar surface area (TPSA) is 0 Å². The molecule has 0 nitrogen and oxygen atoms in total. The van der Waals surface area contributed by atoms with Gasteiger partial charge in [0.2, 0.25) is 0 Å². The fourth-order valence-electron chi connectivity index (χ4n) is 3.23. The van der Waals surface area contributed by atoms with Crippen molar-refractivity contribution in [1.29, 1.82) is 0 Å². The highest BCUT2D eigenvalue weighted by atomic mass is 14.0. The van der Waals surface area contributed by atoms with Crippen LogP contribution in [0.4, 0.5) is 0 Å². The molecule has 0 spiro atoms. The first kappa shape index (κ1) is 23.5. The third-order valence-corrected chi connectivity index (χ3v) is 4.92.